The Morgan fingerprint density at radius 3 is 2.60 bits per heavy atom. The van der Waals surface area contributed by atoms with E-state index in [4.69, 9.17) is 0 Å². The van der Waals surface area contributed by atoms with Gasteiger partial charge in [-0.05, 0) is 38.8 Å². The van der Waals surface area contributed by atoms with E-state index in [0.29, 0.717) is 11.8 Å². The first-order valence-corrected chi connectivity index (χ1v) is 6.81. The molecule has 0 atom stereocenters. The Labute approximate surface area is 119 Å². The lowest BCUT2D eigenvalue weighted by molar-refractivity contribution is 0.629. The number of aromatic nitrogens is 3. The fraction of sp³-hybridized carbons (Fsp3) is 0.400. The Morgan fingerprint density at radius 1 is 1.15 bits per heavy atom. The maximum absolute atomic E-state index is 4.43. The quantitative estimate of drug-likeness (QED) is 0.892. The molecule has 0 saturated carbocycles. The lowest BCUT2D eigenvalue weighted by atomic mass is 10.1. The number of para-hydroxylation sites is 1. The molecule has 5 nitrogen and oxygen atoms in total. The third-order valence-corrected chi connectivity index (χ3v) is 2.71. The summed E-state index contributed by atoms with van der Waals surface area (Å²) >= 11 is 0. The number of nitrogens with one attached hydrogen (secondary N) is 2. The van der Waals surface area contributed by atoms with Crippen LogP contribution in [-0.4, -0.2) is 20.7 Å². The summed E-state index contributed by atoms with van der Waals surface area (Å²) in [6.07, 6.45) is 2.58. The maximum Gasteiger partial charge on any atom is 0.249 e. The lowest BCUT2D eigenvalue weighted by Crippen LogP contribution is -2.27. The van der Waals surface area contributed by atoms with Gasteiger partial charge >= 0.3 is 0 Å². The first-order valence-electron chi connectivity index (χ1n) is 6.81. The molecule has 5 heteroatoms. The van der Waals surface area contributed by atoms with E-state index < -0.39 is 0 Å². The van der Waals surface area contributed by atoms with Crippen molar-refractivity contribution in [2.75, 3.05) is 10.6 Å². The van der Waals surface area contributed by atoms with Gasteiger partial charge in [0.2, 0.25) is 5.95 Å². The molecule has 0 spiro atoms. The van der Waals surface area contributed by atoms with Crippen molar-refractivity contribution in [3.05, 3.63) is 36.0 Å². The van der Waals surface area contributed by atoms with Gasteiger partial charge < -0.3 is 10.6 Å². The zero-order chi connectivity index (χ0) is 14.6. The van der Waals surface area contributed by atoms with Crippen LogP contribution in [0.2, 0.25) is 0 Å². The van der Waals surface area contributed by atoms with Gasteiger partial charge in [0, 0.05) is 11.2 Å². The van der Waals surface area contributed by atoms with Crippen LogP contribution in [0.25, 0.3) is 0 Å². The summed E-state index contributed by atoms with van der Waals surface area (Å²) in [5.74, 6) is 1.21. The van der Waals surface area contributed by atoms with Crippen molar-refractivity contribution < 1.29 is 0 Å². The van der Waals surface area contributed by atoms with Gasteiger partial charge in [0.15, 0.2) is 5.82 Å². The van der Waals surface area contributed by atoms with E-state index in [-0.39, 0.29) is 5.54 Å². The van der Waals surface area contributed by atoms with E-state index in [2.05, 4.69) is 59.6 Å². The van der Waals surface area contributed by atoms with Gasteiger partial charge in [-0.15, -0.1) is 5.10 Å². The molecule has 0 aliphatic rings. The Bertz CT molecular complexity index is 574. The lowest BCUT2D eigenvalue weighted by Gasteiger charge is -2.21. The van der Waals surface area contributed by atoms with Crippen molar-refractivity contribution in [3.8, 4) is 0 Å². The highest BCUT2D eigenvalue weighted by molar-refractivity contribution is 5.59. The highest BCUT2D eigenvalue weighted by Gasteiger charge is 2.11. The second-order valence-corrected chi connectivity index (χ2v) is 5.68. The van der Waals surface area contributed by atoms with Crippen LogP contribution in [0.1, 0.15) is 33.3 Å². The van der Waals surface area contributed by atoms with Gasteiger partial charge in [-0.25, -0.2) is 0 Å². The molecule has 0 unspecified atom stereocenters. The molecule has 2 N–H and O–H groups in total. The largest absolute Gasteiger partial charge is 0.364 e. The molecular weight excluding hydrogens is 250 g/mol. The smallest absolute Gasteiger partial charge is 0.249 e. The number of aryl methyl sites for hydroxylation is 1. The molecule has 1 heterocycles. The van der Waals surface area contributed by atoms with Gasteiger partial charge in [0.05, 0.1) is 6.20 Å². The van der Waals surface area contributed by atoms with Crippen molar-refractivity contribution in [2.24, 2.45) is 0 Å². The standard InChI is InChI=1S/C15H21N5/c1-5-11-8-6-7-9-12(11)17-14-18-13(10-16-20-14)19-15(2,3)4/h6-10H,5H2,1-4H3,(H2,17,18,19,20). The van der Waals surface area contributed by atoms with Crippen LogP contribution < -0.4 is 10.6 Å². The van der Waals surface area contributed by atoms with Crippen LogP contribution in [-0.2, 0) is 6.42 Å². The predicted molar refractivity (Wildman–Crippen MR) is 82.3 cm³/mol. The second kappa shape index (κ2) is 5.86. The minimum atomic E-state index is -0.0609. The van der Waals surface area contributed by atoms with Crippen LogP contribution in [0.5, 0.6) is 0 Å². The van der Waals surface area contributed by atoms with Crippen LogP contribution in [0.4, 0.5) is 17.5 Å². The third-order valence-electron chi connectivity index (χ3n) is 2.71. The van der Waals surface area contributed by atoms with E-state index >= 15 is 0 Å². The van der Waals surface area contributed by atoms with E-state index in [1.807, 2.05) is 18.2 Å². The maximum atomic E-state index is 4.43. The average molecular weight is 271 g/mol. The Hall–Kier alpha value is -2.17. The van der Waals surface area contributed by atoms with Crippen LogP contribution in [0.3, 0.4) is 0 Å². The van der Waals surface area contributed by atoms with Crippen molar-refractivity contribution in [3.63, 3.8) is 0 Å². The SMILES string of the molecule is CCc1ccccc1Nc1nncc(NC(C)(C)C)n1. The molecule has 0 aliphatic heterocycles. The highest BCUT2D eigenvalue weighted by atomic mass is 15.3. The highest BCUT2D eigenvalue weighted by Crippen LogP contribution is 2.19. The summed E-state index contributed by atoms with van der Waals surface area (Å²) in [6, 6.07) is 8.13. The van der Waals surface area contributed by atoms with Crippen LogP contribution in [0, 0.1) is 0 Å². The van der Waals surface area contributed by atoms with Gasteiger partial charge in [-0.2, -0.15) is 10.1 Å². The number of benzene rings is 1. The van der Waals surface area contributed by atoms with Crippen molar-refractivity contribution >= 4 is 17.5 Å². The van der Waals surface area contributed by atoms with Gasteiger partial charge in [-0.3, -0.25) is 0 Å². The van der Waals surface area contributed by atoms with Crippen LogP contribution >= 0.6 is 0 Å². The Morgan fingerprint density at radius 2 is 1.90 bits per heavy atom. The summed E-state index contributed by atoms with van der Waals surface area (Å²) in [6.45, 7) is 8.36. The summed E-state index contributed by atoms with van der Waals surface area (Å²) in [4.78, 5) is 4.43. The average Bonchev–Trinajstić information content (AvgIpc) is 2.38. The molecule has 20 heavy (non-hydrogen) atoms. The number of anilines is 3. The molecule has 0 bridgehead atoms. The van der Waals surface area contributed by atoms with Crippen LogP contribution in [0.15, 0.2) is 30.5 Å². The molecule has 0 amide bonds. The summed E-state index contributed by atoms with van der Waals surface area (Å²) < 4.78 is 0. The monoisotopic (exact) mass is 271 g/mol. The Balaban J connectivity index is 2.19. The number of hydrogen-bond acceptors (Lipinski definition) is 5. The Kier molecular flexibility index (Phi) is 4.17. The van der Waals surface area contributed by atoms with E-state index in [1.165, 1.54) is 5.56 Å². The summed E-state index contributed by atoms with van der Waals surface area (Å²) in [5, 5.41) is 14.5. The summed E-state index contributed by atoms with van der Waals surface area (Å²) in [7, 11) is 0. The number of rotatable bonds is 4. The first-order chi connectivity index (χ1) is 9.48. The second-order valence-electron chi connectivity index (χ2n) is 5.68. The molecule has 0 saturated heterocycles. The molecule has 0 aliphatic carbocycles. The number of nitrogens with zero attached hydrogens (tertiary/aromatic N) is 3. The molecule has 106 valence electrons. The van der Waals surface area contributed by atoms with E-state index in [0.717, 1.165) is 12.1 Å². The van der Waals surface area contributed by atoms with E-state index in [9.17, 15) is 0 Å². The van der Waals surface area contributed by atoms with Gasteiger partial charge in [0.25, 0.3) is 0 Å². The molecule has 1 aromatic heterocycles. The van der Waals surface area contributed by atoms with Gasteiger partial charge in [0.1, 0.15) is 0 Å². The molecule has 2 rings (SSSR count). The van der Waals surface area contributed by atoms with E-state index in [1.54, 1.807) is 6.20 Å². The van der Waals surface area contributed by atoms with Gasteiger partial charge in [-0.1, -0.05) is 25.1 Å². The predicted octanol–water partition coefficient (Wildman–Crippen LogP) is 3.39. The first kappa shape index (κ1) is 14.2. The fourth-order valence-electron chi connectivity index (χ4n) is 1.87. The molecule has 2 aromatic rings. The molecule has 0 radical (unpaired) electrons. The minimum absolute atomic E-state index is 0.0609. The van der Waals surface area contributed by atoms with Crippen molar-refractivity contribution in [1.29, 1.82) is 0 Å². The zero-order valence-electron chi connectivity index (χ0n) is 12.4. The molecule has 0 fully saturated rings. The minimum Gasteiger partial charge on any atom is -0.364 e. The number of hydrogen-bond donors (Lipinski definition) is 2. The molecule has 1 aromatic carbocycles. The summed E-state index contributed by atoms with van der Waals surface area (Å²) in [5.41, 5.74) is 2.18. The normalized spacial score (nSPS) is 11.2. The molecular formula is C15H21N5. The fourth-order valence-corrected chi connectivity index (χ4v) is 1.87. The zero-order valence-corrected chi connectivity index (χ0v) is 12.4. The third kappa shape index (κ3) is 3.91. The topological polar surface area (TPSA) is 62.7 Å². The van der Waals surface area contributed by atoms with Crippen molar-refractivity contribution in [1.82, 2.24) is 15.2 Å². The van der Waals surface area contributed by atoms with Crippen molar-refractivity contribution in [2.45, 2.75) is 39.7 Å².